The van der Waals surface area contributed by atoms with Gasteiger partial charge in [0.1, 0.15) is 17.4 Å². The topological polar surface area (TPSA) is 63.2 Å². The molecular formula is C21H20ClN3O2. The van der Waals surface area contributed by atoms with E-state index in [1.807, 2.05) is 42.5 Å². The molecule has 0 spiro atoms. The van der Waals surface area contributed by atoms with Gasteiger partial charge < -0.3 is 15.4 Å². The lowest BCUT2D eigenvalue weighted by Gasteiger charge is -2.17. The van der Waals surface area contributed by atoms with Gasteiger partial charge in [-0.15, -0.1) is 11.6 Å². The zero-order valence-electron chi connectivity index (χ0n) is 15.0. The minimum absolute atomic E-state index is 0.0640. The maximum absolute atomic E-state index is 11.4. The third kappa shape index (κ3) is 3.55. The molecule has 1 aliphatic rings. The van der Waals surface area contributed by atoms with E-state index in [0.717, 1.165) is 35.3 Å². The molecule has 1 aliphatic carbocycles. The number of fused-ring (bicyclic) bond motifs is 2. The number of amides is 1. The molecule has 0 aliphatic heterocycles. The molecule has 0 radical (unpaired) electrons. The summed E-state index contributed by atoms with van der Waals surface area (Å²) in [7, 11) is 1.71. The average Bonchev–Trinajstić information content (AvgIpc) is 3.11. The summed E-state index contributed by atoms with van der Waals surface area (Å²) in [6, 6.07) is 16.0. The molecule has 5 nitrogen and oxygen atoms in total. The van der Waals surface area contributed by atoms with Crippen LogP contribution in [0.4, 0.5) is 11.5 Å². The van der Waals surface area contributed by atoms with E-state index in [0.29, 0.717) is 5.69 Å². The minimum atomic E-state index is -0.226. The molecule has 138 valence electrons. The quantitative estimate of drug-likeness (QED) is 0.638. The van der Waals surface area contributed by atoms with Gasteiger partial charge in [-0.25, -0.2) is 4.98 Å². The molecular weight excluding hydrogens is 362 g/mol. The summed E-state index contributed by atoms with van der Waals surface area (Å²) in [4.78, 5) is 16.2. The van der Waals surface area contributed by atoms with E-state index >= 15 is 0 Å². The maximum atomic E-state index is 11.4. The molecule has 1 heterocycles. The number of ether oxygens (including phenoxy) is 1. The number of carbonyl (C=O) groups excluding carboxylic acids is 1. The normalized spacial score (nSPS) is 15.4. The Labute approximate surface area is 162 Å². The van der Waals surface area contributed by atoms with Crippen molar-refractivity contribution in [2.45, 2.75) is 18.9 Å². The van der Waals surface area contributed by atoms with Gasteiger partial charge in [0.2, 0.25) is 5.91 Å². The lowest BCUT2D eigenvalue weighted by Crippen LogP contribution is -2.12. The second kappa shape index (κ2) is 7.45. The molecule has 3 aromatic rings. The van der Waals surface area contributed by atoms with E-state index in [1.54, 1.807) is 7.11 Å². The molecule has 2 N–H and O–H groups in total. The first kappa shape index (κ1) is 17.6. The molecule has 1 amide bonds. The van der Waals surface area contributed by atoms with Crippen LogP contribution < -0.4 is 15.4 Å². The summed E-state index contributed by atoms with van der Waals surface area (Å²) in [6.45, 7) is 0. The Morgan fingerprint density at radius 3 is 2.96 bits per heavy atom. The number of benzene rings is 2. The van der Waals surface area contributed by atoms with Gasteiger partial charge in [0, 0.05) is 16.6 Å². The number of aryl methyl sites for hydroxylation is 1. The van der Waals surface area contributed by atoms with Gasteiger partial charge in [0.25, 0.3) is 0 Å². The SMILES string of the molecule is COc1cccc2c1C(Nc1ccc3cc(NC(=O)CCl)ccc3n1)CC2. The van der Waals surface area contributed by atoms with E-state index in [2.05, 4.69) is 16.7 Å². The lowest BCUT2D eigenvalue weighted by atomic mass is 10.1. The van der Waals surface area contributed by atoms with Crippen LogP contribution in [0.2, 0.25) is 0 Å². The first-order chi connectivity index (χ1) is 13.2. The molecule has 6 heteroatoms. The Hall–Kier alpha value is -2.79. The molecule has 2 aromatic carbocycles. The fourth-order valence-corrected chi connectivity index (χ4v) is 3.69. The van der Waals surface area contributed by atoms with E-state index in [1.165, 1.54) is 11.1 Å². The van der Waals surface area contributed by atoms with Crippen molar-refractivity contribution in [2.75, 3.05) is 23.6 Å². The molecule has 1 atom stereocenters. The number of pyridine rings is 1. The van der Waals surface area contributed by atoms with Gasteiger partial charge in [0.05, 0.1) is 18.7 Å². The summed E-state index contributed by atoms with van der Waals surface area (Å²) in [6.07, 6.45) is 2.04. The first-order valence-corrected chi connectivity index (χ1v) is 9.40. The zero-order chi connectivity index (χ0) is 18.8. The molecule has 1 unspecified atom stereocenters. The number of methoxy groups -OCH3 is 1. The molecule has 0 saturated carbocycles. The summed E-state index contributed by atoms with van der Waals surface area (Å²) in [5.74, 6) is 1.45. The summed E-state index contributed by atoms with van der Waals surface area (Å²) >= 11 is 5.54. The maximum Gasteiger partial charge on any atom is 0.239 e. The van der Waals surface area contributed by atoms with E-state index in [9.17, 15) is 4.79 Å². The third-order valence-corrected chi connectivity index (χ3v) is 5.09. The number of rotatable bonds is 5. The highest BCUT2D eigenvalue weighted by Crippen LogP contribution is 2.39. The number of nitrogens with one attached hydrogen (secondary N) is 2. The zero-order valence-corrected chi connectivity index (χ0v) is 15.7. The van der Waals surface area contributed by atoms with Crippen molar-refractivity contribution < 1.29 is 9.53 Å². The Morgan fingerprint density at radius 1 is 1.26 bits per heavy atom. The molecule has 0 bridgehead atoms. The second-order valence-electron chi connectivity index (χ2n) is 6.55. The number of aromatic nitrogens is 1. The summed E-state index contributed by atoms with van der Waals surface area (Å²) < 4.78 is 5.55. The van der Waals surface area contributed by atoms with Crippen molar-refractivity contribution in [2.24, 2.45) is 0 Å². The highest BCUT2D eigenvalue weighted by Gasteiger charge is 2.26. The smallest absolute Gasteiger partial charge is 0.239 e. The number of hydrogen-bond acceptors (Lipinski definition) is 4. The monoisotopic (exact) mass is 381 g/mol. The van der Waals surface area contributed by atoms with Gasteiger partial charge in [-0.05, 0) is 54.8 Å². The Morgan fingerprint density at radius 2 is 2.15 bits per heavy atom. The largest absolute Gasteiger partial charge is 0.496 e. The van der Waals surface area contributed by atoms with E-state index in [-0.39, 0.29) is 17.8 Å². The van der Waals surface area contributed by atoms with Crippen LogP contribution in [0.3, 0.4) is 0 Å². The van der Waals surface area contributed by atoms with Crippen molar-refractivity contribution >= 4 is 39.9 Å². The van der Waals surface area contributed by atoms with Crippen LogP contribution in [0.1, 0.15) is 23.6 Å². The van der Waals surface area contributed by atoms with E-state index in [4.69, 9.17) is 21.3 Å². The van der Waals surface area contributed by atoms with Crippen molar-refractivity contribution in [3.05, 3.63) is 59.7 Å². The average molecular weight is 382 g/mol. The van der Waals surface area contributed by atoms with Crippen LogP contribution in [0, 0.1) is 0 Å². The van der Waals surface area contributed by atoms with Gasteiger partial charge in [-0.2, -0.15) is 0 Å². The van der Waals surface area contributed by atoms with Crippen molar-refractivity contribution in [1.82, 2.24) is 4.98 Å². The van der Waals surface area contributed by atoms with E-state index < -0.39 is 0 Å². The van der Waals surface area contributed by atoms with Gasteiger partial charge in [-0.1, -0.05) is 12.1 Å². The standard InChI is InChI=1S/C21H20ClN3O2/c1-27-18-4-2-3-13-5-8-17(21(13)18)25-19-10-6-14-11-15(23-20(26)12-22)7-9-16(14)24-19/h2-4,6-7,9-11,17H,5,8,12H2,1H3,(H,23,26)(H,24,25). The predicted molar refractivity (Wildman–Crippen MR) is 109 cm³/mol. The lowest BCUT2D eigenvalue weighted by molar-refractivity contribution is -0.113. The van der Waals surface area contributed by atoms with Crippen LogP contribution in [0.25, 0.3) is 10.9 Å². The Kier molecular flexibility index (Phi) is 4.86. The third-order valence-electron chi connectivity index (χ3n) is 4.84. The van der Waals surface area contributed by atoms with Crippen LogP contribution in [0.15, 0.2) is 48.5 Å². The number of nitrogens with zero attached hydrogens (tertiary/aromatic N) is 1. The number of alkyl halides is 1. The second-order valence-corrected chi connectivity index (χ2v) is 6.82. The van der Waals surface area contributed by atoms with Crippen molar-refractivity contribution in [1.29, 1.82) is 0 Å². The number of anilines is 2. The van der Waals surface area contributed by atoms with Crippen molar-refractivity contribution in [3.8, 4) is 5.75 Å². The highest BCUT2D eigenvalue weighted by atomic mass is 35.5. The van der Waals surface area contributed by atoms with Crippen LogP contribution in [0.5, 0.6) is 5.75 Å². The fraction of sp³-hybridized carbons (Fsp3) is 0.238. The molecule has 0 fully saturated rings. The Balaban J connectivity index is 1.58. The summed E-state index contributed by atoms with van der Waals surface area (Å²) in [5, 5.41) is 7.25. The fourth-order valence-electron chi connectivity index (χ4n) is 3.63. The predicted octanol–water partition coefficient (Wildman–Crippen LogP) is 4.52. The summed E-state index contributed by atoms with van der Waals surface area (Å²) in [5.41, 5.74) is 4.13. The number of hydrogen-bond donors (Lipinski definition) is 2. The highest BCUT2D eigenvalue weighted by molar-refractivity contribution is 6.29. The van der Waals surface area contributed by atoms with Crippen molar-refractivity contribution in [3.63, 3.8) is 0 Å². The first-order valence-electron chi connectivity index (χ1n) is 8.87. The van der Waals surface area contributed by atoms with Gasteiger partial charge >= 0.3 is 0 Å². The van der Waals surface area contributed by atoms with Gasteiger partial charge in [0.15, 0.2) is 0 Å². The van der Waals surface area contributed by atoms with Crippen LogP contribution >= 0.6 is 11.6 Å². The van der Waals surface area contributed by atoms with Gasteiger partial charge in [-0.3, -0.25) is 4.79 Å². The minimum Gasteiger partial charge on any atom is -0.496 e. The number of halogens is 1. The molecule has 4 rings (SSSR count). The molecule has 1 aromatic heterocycles. The number of carbonyl (C=O) groups is 1. The van der Waals surface area contributed by atoms with Crippen LogP contribution in [-0.2, 0) is 11.2 Å². The molecule has 27 heavy (non-hydrogen) atoms. The van der Waals surface area contributed by atoms with Crippen LogP contribution in [-0.4, -0.2) is 23.9 Å². The Bertz CT molecular complexity index is 1010. The molecule has 0 saturated heterocycles.